The summed E-state index contributed by atoms with van der Waals surface area (Å²) in [5.74, 6) is 0. The highest BCUT2D eigenvalue weighted by Gasteiger charge is 2.14. The van der Waals surface area contributed by atoms with Gasteiger partial charge < -0.3 is 4.74 Å². The Morgan fingerprint density at radius 1 is 1.36 bits per heavy atom. The molecule has 0 aliphatic heterocycles. The molecule has 0 radical (unpaired) electrons. The minimum absolute atomic E-state index is 0.186. The number of ether oxygens (including phenoxy) is 1. The minimum atomic E-state index is 0.186. The van der Waals surface area contributed by atoms with E-state index in [1.165, 1.54) is 5.56 Å². The van der Waals surface area contributed by atoms with Gasteiger partial charge in [0.2, 0.25) is 0 Å². The molecule has 1 rings (SSSR count). The smallest absolute Gasteiger partial charge is 0.0928 e. The maximum atomic E-state index is 5.83. The minimum Gasteiger partial charge on any atom is -0.370 e. The van der Waals surface area contributed by atoms with Crippen molar-refractivity contribution in [1.82, 2.24) is 0 Å². The third-order valence-electron chi connectivity index (χ3n) is 1.83. The van der Waals surface area contributed by atoms with Crippen LogP contribution in [0.2, 0.25) is 0 Å². The number of alkyl halides is 1. The van der Waals surface area contributed by atoms with Crippen molar-refractivity contribution >= 4 is 38.5 Å². The first-order chi connectivity index (χ1) is 6.65. The van der Waals surface area contributed by atoms with Crippen molar-refractivity contribution in [3.63, 3.8) is 0 Å². The lowest BCUT2D eigenvalue weighted by atomic mass is 10.1. The van der Waals surface area contributed by atoms with Crippen LogP contribution in [0.15, 0.2) is 28.7 Å². The fraction of sp³-hybridized carbons (Fsp3) is 0.455. The Morgan fingerprint density at radius 3 is 2.50 bits per heavy atom. The quantitative estimate of drug-likeness (QED) is 0.567. The molecule has 3 heteroatoms. The van der Waals surface area contributed by atoms with Crippen molar-refractivity contribution in [2.45, 2.75) is 26.1 Å². The predicted octanol–water partition coefficient (Wildman–Crippen LogP) is 4.35. The van der Waals surface area contributed by atoms with E-state index in [4.69, 9.17) is 4.74 Å². The Balaban J connectivity index is 2.83. The van der Waals surface area contributed by atoms with Gasteiger partial charge in [0.25, 0.3) is 0 Å². The lowest BCUT2D eigenvalue weighted by Gasteiger charge is -2.19. The highest BCUT2D eigenvalue weighted by atomic mass is 127. The molecule has 0 aliphatic carbocycles. The van der Waals surface area contributed by atoms with Gasteiger partial charge in [-0.25, -0.2) is 0 Å². The maximum Gasteiger partial charge on any atom is 0.0928 e. The third-order valence-corrected chi connectivity index (χ3v) is 3.35. The van der Waals surface area contributed by atoms with Crippen molar-refractivity contribution in [3.8, 4) is 0 Å². The van der Waals surface area contributed by atoms with Gasteiger partial charge in [-0.2, -0.15) is 0 Å². The van der Waals surface area contributed by atoms with Gasteiger partial charge in [0.05, 0.1) is 12.2 Å². The van der Waals surface area contributed by atoms with Crippen LogP contribution in [0.4, 0.5) is 0 Å². The summed E-state index contributed by atoms with van der Waals surface area (Å²) < 4.78 is 7.93. The van der Waals surface area contributed by atoms with Crippen molar-refractivity contribution < 1.29 is 4.74 Å². The zero-order valence-corrected chi connectivity index (χ0v) is 12.1. The lowest BCUT2D eigenvalue weighted by Crippen LogP contribution is -2.12. The number of rotatable bonds is 4. The van der Waals surface area contributed by atoms with Crippen molar-refractivity contribution in [2.75, 3.05) is 4.43 Å². The number of hydrogen-bond acceptors (Lipinski definition) is 1. The fourth-order valence-electron chi connectivity index (χ4n) is 1.26. The number of hydrogen-bond donors (Lipinski definition) is 0. The Hall–Kier alpha value is 0.390. The van der Waals surface area contributed by atoms with Crippen LogP contribution in [0.1, 0.15) is 25.5 Å². The summed E-state index contributed by atoms with van der Waals surface area (Å²) in [5.41, 5.74) is 1.23. The Bertz CT molecular complexity index is 288. The fourth-order valence-corrected chi connectivity index (χ4v) is 2.48. The van der Waals surface area contributed by atoms with E-state index in [1.807, 2.05) is 12.1 Å². The van der Waals surface area contributed by atoms with Crippen LogP contribution in [-0.4, -0.2) is 10.5 Å². The van der Waals surface area contributed by atoms with Gasteiger partial charge in [-0.15, -0.1) is 0 Å². The molecular weight excluding hydrogens is 355 g/mol. The molecule has 0 aromatic heterocycles. The summed E-state index contributed by atoms with van der Waals surface area (Å²) >= 11 is 5.90. The van der Waals surface area contributed by atoms with Gasteiger partial charge in [-0.3, -0.25) is 0 Å². The highest BCUT2D eigenvalue weighted by Crippen LogP contribution is 2.28. The summed E-state index contributed by atoms with van der Waals surface area (Å²) in [5, 5.41) is 0. The molecule has 1 aromatic rings. The van der Waals surface area contributed by atoms with E-state index in [2.05, 4.69) is 64.5 Å². The Labute approximate surface area is 107 Å². The summed E-state index contributed by atoms with van der Waals surface area (Å²) in [4.78, 5) is 0. The largest absolute Gasteiger partial charge is 0.370 e. The number of halogens is 2. The summed E-state index contributed by atoms with van der Waals surface area (Å²) in [6.07, 6.45) is 0.452. The normalized spacial score (nSPS) is 13.2. The molecule has 0 saturated heterocycles. The van der Waals surface area contributed by atoms with E-state index in [-0.39, 0.29) is 12.2 Å². The second-order valence-electron chi connectivity index (χ2n) is 3.35. The molecule has 1 nitrogen and oxygen atoms in total. The van der Waals surface area contributed by atoms with Crippen molar-refractivity contribution in [3.05, 3.63) is 34.3 Å². The van der Waals surface area contributed by atoms with Crippen LogP contribution in [0.5, 0.6) is 0 Å². The first kappa shape index (κ1) is 12.5. The Morgan fingerprint density at radius 2 is 2.00 bits per heavy atom. The molecule has 0 bridgehead atoms. The SMILES string of the molecule is CC(C)OC(CI)c1ccccc1Br. The van der Waals surface area contributed by atoms with Gasteiger partial charge >= 0.3 is 0 Å². The molecule has 0 spiro atoms. The van der Waals surface area contributed by atoms with Gasteiger partial charge in [-0.05, 0) is 25.5 Å². The van der Waals surface area contributed by atoms with Crippen LogP contribution in [0.3, 0.4) is 0 Å². The van der Waals surface area contributed by atoms with Gasteiger partial charge in [0.15, 0.2) is 0 Å². The van der Waals surface area contributed by atoms with Crippen LogP contribution in [0, 0.1) is 0 Å². The summed E-state index contributed by atoms with van der Waals surface area (Å²) in [6.45, 7) is 4.13. The topological polar surface area (TPSA) is 9.23 Å². The molecule has 1 atom stereocenters. The molecular formula is C11H14BrIO. The van der Waals surface area contributed by atoms with E-state index >= 15 is 0 Å². The van der Waals surface area contributed by atoms with E-state index in [9.17, 15) is 0 Å². The summed E-state index contributed by atoms with van der Waals surface area (Å²) in [6, 6.07) is 8.23. The first-order valence-corrected chi connectivity index (χ1v) is 6.93. The first-order valence-electron chi connectivity index (χ1n) is 4.61. The Kier molecular flexibility index (Phi) is 5.41. The van der Waals surface area contributed by atoms with Gasteiger partial charge in [-0.1, -0.05) is 56.7 Å². The standard InChI is InChI=1S/C11H14BrIO/c1-8(2)14-11(7-13)9-5-3-4-6-10(9)12/h3-6,8,11H,7H2,1-2H3. The van der Waals surface area contributed by atoms with Gasteiger partial charge in [0, 0.05) is 8.90 Å². The number of benzene rings is 1. The zero-order chi connectivity index (χ0) is 10.6. The summed E-state index contributed by atoms with van der Waals surface area (Å²) in [7, 11) is 0. The van der Waals surface area contributed by atoms with E-state index in [0.29, 0.717) is 0 Å². The molecule has 1 aromatic carbocycles. The lowest BCUT2D eigenvalue weighted by molar-refractivity contribution is 0.0220. The van der Waals surface area contributed by atoms with Crippen LogP contribution < -0.4 is 0 Å². The second kappa shape index (κ2) is 6.08. The monoisotopic (exact) mass is 368 g/mol. The molecule has 0 N–H and O–H groups in total. The molecule has 0 fully saturated rings. The molecule has 1 unspecified atom stereocenters. The highest BCUT2D eigenvalue weighted by molar-refractivity contribution is 14.1. The second-order valence-corrected chi connectivity index (χ2v) is 5.08. The zero-order valence-electron chi connectivity index (χ0n) is 8.34. The van der Waals surface area contributed by atoms with E-state index < -0.39 is 0 Å². The van der Waals surface area contributed by atoms with Crippen LogP contribution >= 0.6 is 38.5 Å². The molecule has 0 aliphatic rings. The van der Waals surface area contributed by atoms with E-state index in [0.717, 1.165) is 8.90 Å². The predicted molar refractivity (Wildman–Crippen MR) is 72.0 cm³/mol. The average molecular weight is 369 g/mol. The molecule has 0 heterocycles. The van der Waals surface area contributed by atoms with Crippen molar-refractivity contribution in [2.24, 2.45) is 0 Å². The van der Waals surface area contributed by atoms with Crippen LogP contribution in [-0.2, 0) is 4.74 Å². The molecule has 14 heavy (non-hydrogen) atoms. The van der Waals surface area contributed by atoms with E-state index in [1.54, 1.807) is 0 Å². The maximum absolute atomic E-state index is 5.83. The third kappa shape index (κ3) is 3.51. The van der Waals surface area contributed by atoms with Gasteiger partial charge in [0.1, 0.15) is 0 Å². The van der Waals surface area contributed by atoms with Crippen LogP contribution in [0.25, 0.3) is 0 Å². The van der Waals surface area contributed by atoms with Crippen molar-refractivity contribution in [1.29, 1.82) is 0 Å². The molecule has 78 valence electrons. The molecule has 0 amide bonds. The average Bonchev–Trinajstić information content (AvgIpc) is 2.15. The molecule has 0 saturated carbocycles.